The van der Waals surface area contributed by atoms with E-state index < -0.39 is 5.60 Å². The third kappa shape index (κ3) is 6.08. The van der Waals surface area contributed by atoms with E-state index in [1.54, 1.807) is 0 Å². The first kappa shape index (κ1) is 25.2. The molecule has 0 aliphatic heterocycles. The van der Waals surface area contributed by atoms with Crippen molar-refractivity contribution in [2.75, 3.05) is 6.61 Å². The molecule has 0 fully saturated rings. The van der Waals surface area contributed by atoms with E-state index in [0.717, 1.165) is 19.3 Å². The second-order valence-electron chi connectivity index (χ2n) is 9.98. The standard InChI is InChI=1S/C33H33O3S/c1-33(2,27-18-17-25-11-9-10-12-26(25)23-27)36-32(34)24-35-28-19-21-31(22-20-28)37(29-13-5-3-6-14-29)30-15-7-4-8-16-30/h3-16,19-22,27H,17-18,23-24H2,1-2H3/q+1. The summed E-state index contributed by atoms with van der Waals surface area (Å²) in [6.07, 6.45) is 2.98. The Bertz CT molecular complexity index is 1280. The third-order valence-corrected chi connectivity index (χ3v) is 9.31. The van der Waals surface area contributed by atoms with Gasteiger partial charge in [-0.1, -0.05) is 60.7 Å². The minimum atomic E-state index is -0.544. The highest BCUT2D eigenvalue weighted by Crippen LogP contribution is 2.35. The predicted octanol–water partition coefficient (Wildman–Crippen LogP) is 7.29. The molecule has 1 unspecified atom stereocenters. The van der Waals surface area contributed by atoms with Crippen LogP contribution < -0.4 is 4.74 Å². The average molecular weight is 510 g/mol. The number of esters is 1. The maximum Gasteiger partial charge on any atom is 0.344 e. The van der Waals surface area contributed by atoms with Crippen LogP contribution in [0.15, 0.2) is 124 Å². The van der Waals surface area contributed by atoms with Gasteiger partial charge in [-0.3, -0.25) is 0 Å². The number of rotatable bonds is 8. The van der Waals surface area contributed by atoms with E-state index in [2.05, 4.69) is 84.9 Å². The molecule has 0 amide bonds. The highest BCUT2D eigenvalue weighted by molar-refractivity contribution is 7.97. The Morgan fingerprint density at radius 1 is 0.757 bits per heavy atom. The Hall–Kier alpha value is -3.50. The van der Waals surface area contributed by atoms with E-state index in [9.17, 15) is 4.79 Å². The molecule has 0 bridgehead atoms. The zero-order chi connectivity index (χ0) is 25.7. The molecule has 0 spiro atoms. The summed E-state index contributed by atoms with van der Waals surface area (Å²) in [6.45, 7) is 3.94. The number of fused-ring (bicyclic) bond motifs is 1. The van der Waals surface area contributed by atoms with Crippen LogP contribution in [0.3, 0.4) is 0 Å². The monoisotopic (exact) mass is 509 g/mol. The van der Waals surface area contributed by atoms with Crippen molar-refractivity contribution in [2.45, 2.75) is 53.4 Å². The molecule has 0 heterocycles. The molecule has 4 aromatic carbocycles. The predicted molar refractivity (Wildman–Crippen MR) is 149 cm³/mol. The maximum absolute atomic E-state index is 12.7. The second kappa shape index (κ2) is 11.3. The molecule has 0 N–H and O–H groups in total. The molecule has 0 radical (unpaired) electrons. The molecule has 5 rings (SSSR count). The molecule has 0 saturated heterocycles. The summed E-state index contributed by atoms with van der Waals surface area (Å²) in [6, 6.07) is 37.7. The van der Waals surface area contributed by atoms with Gasteiger partial charge in [-0.2, -0.15) is 0 Å². The van der Waals surface area contributed by atoms with Crippen LogP contribution in [0.1, 0.15) is 31.4 Å². The van der Waals surface area contributed by atoms with Crippen molar-refractivity contribution in [3.05, 3.63) is 120 Å². The van der Waals surface area contributed by atoms with Crippen LogP contribution in [-0.2, 0) is 33.3 Å². The molecule has 1 aliphatic carbocycles. The average Bonchev–Trinajstić information content (AvgIpc) is 2.93. The summed E-state index contributed by atoms with van der Waals surface area (Å²) in [7, 11) is -0.215. The summed E-state index contributed by atoms with van der Waals surface area (Å²) in [5.74, 6) is 0.621. The fraction of sp³-hybridized carbons (Fsp3) is 0.242. The lowest BCUT2D eigenvalue weighted by Crippen LogP contribution is -2.40. The number of benzene rings is 4. The van der Waals surface area contributed by atoms with Gasteiger partial charge in [0, 0.05) is 5.92 Å². The molecule has 0 aromatic heterocycles. The minimum Gasteiger partial charge on any atom is -0.482 e. The SMILES string of the molecule is CC(C)(OC(=O)COc1ccc([S+](c2ccccc2)c2ccccc2)cc1)C1CCc2ccccc2C1. The molecule has 0 saturated carbocycles. The zero-order valence-corrected chi connectivity index (χ0v) is 22.2. The van der Waals surface area contributed by atoms with E-state index in [1.807, 2.05) is 38.1 Å². The van der Waals surface area contributed by atoms with Crippen LogP contribution in [0.4, 0.5) is 0 Å². The topological polar surface area (TPSA) is 35.5 Å². The van der Waals surface area contributed by atoms with E-state index in [-0.39, 0.29) is 23.5 Å². The maximum atomic E-state index is 12.7. The van der Waals surface area contributed by atoms with Gasteiger partial charge in [0.2, 0.25) is 0 Å². The van der Waals surface area contributed by atoms with Crippen molar-refractivity contribution < 1.29 is 14.3 Å². The molecule has 188 valence electrons. The van der Waals surface area contributed by atoms with Crippen molar-refractivity contribution in [3.63, 3.8) is 0 Å². The molecule has 37 heavy (non-hydrogen) atoms. The lowest BCUT2D eigenvalue weighted by Gasteiger charge is -2.37. The number of hydrogen-bond acceptors (Lipinski definition) is 3. The Kier molecular flexibility index (Phi) is 7.66. The van der Waals surface area contributed by atoms with E-state index >= 15 is 0 Å². The fourth-order valence-corrected chi connectivity index (χ4v) is 7.12. The molecular formula is C33H33O3S+. The largest absolute Gasteiger partial charge is 0.482 e. The fourth-order valence-electron chi connectivity index (χ4n) is 5.03. The first-order valence-corrected chi connectivity index (χ1v) is 14.1. The first-order chi connectivity index (χ1) is 18.0. The van der Waals surface area contributed by atoms with Crippen molar-refractivity contribution in [1.29, 1.82) is 0 Å². The number of hydrogen-bond donors (Lipinski definition) is 0. The van der Waals surface area contributed by atoms with Gasteiger partial charge in [-0.15, -0.1) is 0 Å². The van der Waals surface area contributed by atoms with Gasteiger partial charge in [0.1, 0.15) is 11.4 Å². The van der Waals surface area contributed by atoms with Crippen molar-refractivity contribution in [1.82, 2.24) is 0 Å². The molecular weight excluding hydrogens is 476 g/mol. The highest BCUT2D eigenvalue weighted by Gasteiger charge is 2.35. The van der Waals surface area contributed by atoms with Gasteiger partial charge in [-0.05, 0) is 92.8 Å². The summed E-state index contributed by atoms with van der Waals surface area (Å²) in [5.41, 5.74) is 2.23. The third-order valence-electron chi connectivity index (χ3n) is 7.08. The Morgan fingerprint density at radius 3 is 1.92 bits per heavy atom. The van der Waals surface area contributed by atoms with E-state index in [0.29, 0.717) is 11.7 Å². The molecule has 1 atom stereocenters. The Balaban J connectivity index is 1.21. The summed E-state index contributed by atoms with van der Waals surface area (Å²) in [4.78, 5) is 16.4. The van der Waals surface area contributed by atoms with Crippen LogP contribution in [0.2, 0.25) is 0 Å². The van der Waals surface area contributed by atoms with Crippen molar-refractivity contribution in [2.24, 2.45) is 5.92 Å². The van der Waals surface area contributed by atoms with Crippen LogP contribution in [-0.4, -0.2) is 18.2 Å². The smallest absolute Gasteiger partial charge is 0.344 e. The summed E-state index contributed by atoms with van der Waals surface area (Å²) >= 11 is 0. The molecule has 1 aliphatic rings. The van der Waals surface area contributed by atoms with Gasteiger partial charge in [0.15, 0.2) is 21.3 Å². The highest BCUT2D eigenvalue weighted by atomic mass is 32.2. The number of carbonyl (C=O) groups excluding carboxylic acids is 1. The van der Waals surface area contributed by atoms with Gasteiger partial charge < -0.3 is 9.47 Å². The van der Waals surface area contributed by atoms with E-state index in [1.165, 1.54) is 25.8 Å². The lowest BCUT2D eigenvalue weighted by atomic mass is 9.76. The zero-order valence-electron chi connectivity index (χ0n) is 21.4. The van der Waals surface area contributed by atoms with Crippen molar-refractivity contribution in [3.8, 4) is 5.75 Å². The number of aryl methyl sites for hydroxylation is 1. The van der Waals surface area contributed by atoms with Gasteiger partial charge in [0.05, 0.1) is 10.9 Å². The Labute approximate surface area is 222 Å². The van der Waals surface area contributed by atoms with Crippen LogP contribution >= 0.6 is 0 Å². The van der Waals surface area contributed by atoms with E-state index in [4.69, 9.17) is 9.47 Å². The normalized spacial score (nSPS) is 15.2. The minimum absolute atomic E-state index is 0.102. The summed E-state index contributed by atoms with van der Waals surface area (Å²) in [5, 5.41) is 0. The van der Waals surface area contributed by atoms with Crippen LogP contribution in [0.5, 0.6) is 5.75 Å². The van der Waals surface area contributed by atoms with Crippen molar-refractivity contribution >= 4 is 16.9 Å². The lowest BCUT2D eigenvalue weighted by molar-refractivity contribution is -0.164. The van der Waals surface area contributed by atoms with Crippen LogP contribution in [0, 0.1) is 5.92 Å². The quantitative estimate of drug-likeness (QED) is 0.185. The van der Waals surface area contributed by atoms with Crippen LogP contribution in [0.25, 0.3) is 0 Å². The van der Waals surface area contributed by atoms with Gasteiger partial charge in [0.25, 0.3) is 0 Å². The Morgan fingerprint density at radius 2 is 1.30 bits per heavy atom. The van der Waals surface area contributed by atoms with Gasteiger partial charge in [-0.25, -0.2) is 4.79 Å². The summed E-state index contributed by atoms with van der Waals surface area (Å²) < 4.78 is 11.8. The molecule has 4 heteroatoms. The molecule has 4 aromatic rings. The molecule has 3 nitrogen and oxygen atoms in total. The number of ether oxygens (including phenoxy) is 2. The first-order valence-electron chi connectivity index (χ1n) is 12.9. The van der Waals surface area contributed by atoms with Gasteiger partial charge >= 0.3 is 5.97 Å². The second-order valence-corrected chi connectivity index (χ2v) is 12.0. The number of carbonyl (C=O) groups is 1.